The average molecular weight is 348 g/mol. The summed E-state index contributed by atoms with van der Waals surface area (Å²) in [5.41, 5.74) is 4.01. The van der Waals surface area contributed by atoms with Gasteiger partial charge in [-0.25, -0.2) is 0 Å². The van der Waals surface area contributed by atoms with Crippen molar-refractivity contribution in [3.8, 4) is 0 Å². The fraction of sp³-hybridized carbons (Fsp3) is 0.471. The van der Waals surface area contributed by atoms with Crippen LogP contribution in [0.3, 0.4) is 0 Å². The number of nitrogens with one attached hydrogen (secondary N) is 1. The van der Waals surface area contributed by atoms with E-state index in [1.165, 1.54) is 29.7 Å². The molecule has 0 saturated heterocycles. The largest absolute Gasteiger partial charge is 0.310 e. The van der Waals surface area contributed by atoms with Gasteiger partial charge in [0.05, 0.1) is 12.7 Å². The van der Waals surface area contributed by atoms with E-state index in [-0.39, 0.29) is 0 Å². The van der Waals surface area contributed by atoms with E-state index in [1.54, 1.807) is 0 Å². The van der Waals surface area contributed by atoms with E-state index in [2.05, 4.69) is 62.2 Å². The van der Waals surface area contributed by atoms with Crippen molar-refractivity contribution in [2.75, 3.05) is 0 Å². The van der Waals surface area contributed by atoms with Gasteiger partial charge in [-0.15, -0.1) is 0 Å². The molecule has 1 saturated carbocycles. The molecule has 0 aliphatic heterocycles. The molecule has 0 spiro atoms. The number of nitrogens with zero attached hydrogens (tertiary/aromatic N) is 2. The van der Waals surface area contributed by atoms with E-state index in [1.807, 2.05) is 6.20 Å². The number of benzene rings is 1. The number of rotatable bonds is 7. The lowest BCUT2D eigenvalue weighted by molar-refractivity contribution is 0.625. The van der Waals surface area contributed by atoms with E-state index in [4.69, 9.17) is 0 Å². The Labute approximate surface area is 134 Å². The predicted octanol–water partition coefficient (Wildman–Crippen LogP) is 3.90. The number of hydrogen-bond donors (Lipinski definition) is 1. The number of aromatic nitrogens is 2. The zero-order valence-electron chi connectivity index (χ0n) is 12.5. The average Bonchev–Trinajstić information content (AvgIpc) is 3.24. The highest BCUT2D eigenvalue weighted by atomic mass is 79.9. The van der Waals surface area contributed by atoms with Crippen molar-refractivity contribution in [1.29, 1.82) is 0 Å². The van der Waals surface area contributed by atoms with Gasteiger partial charge in [-0.1, -0.05) is 47.5 Å². The van der Waals surface area contributed by atoms with Crippen molar-refractivity contribution in [1.82, 2.24) is 15.1 Å². The molecule has 1 heterocycles. The summed E-state index contributed by atoms with van der Waals surface area (Å²) in [4.78, 5) is 0. The van der Waals surface area contributed by atoms with Crippen molar-refractivity contribution < 1.29 is 0 Å². The summed E-state index contributed by atoms with van der Waals surface area (Å²) in [6, 6.07) is 9.12. The van der Waals surface area contributed by atoms with E-state index >= 15 is 0 Å². The standard InChI is InChI=1S/C17H22BrN3/c1-2-5-17-14(10-19-15-8-9-15)11-20-21(17)12-13-6-3-4-7-16(13)18/h3-4,6-7,11,15,19H,2,5,8-10,12H2,1H3. The number of halogens is 1. The third kappa shape index (κ3) is 3.74. The van der Waals surface area contributed by atoms with E-state index in [0.717, 1.165) is 36.4 Å². The highest BCUT2D eigenvalue weighted by Gasteiger charge is 2.21. The summed E-state index contributed by atoms with van der Waals surface area (Å²) in [7, 11) is 0. The second kappa shape index (κ2) is 6.75. The van der Waals surface area contributed by atoms with Gasteiger partial charge in [-0.2, -0.15) is 5.10 Å². The molecule has 3 rings (SSSR count). The maximum Gasteiger partial charge on any atom is 0.0673 e. The topological polar surface area (TPSA) is 29.9 Å². The van der Waals surface area contributed by atoms with Crippen molar-refractivity contribution in [3.63, 3.8) is 0 Å². The molecule has 0 atom stereocenters. The van der Waals surface area contributed by atoms with E-state index in [9.17, 15) is 0 Å². The first-order chi connectivity index (χ1) is 10.3. The summed E-state index contributed by atoms with van der Waals surface area (Å²) in [6.45, 7) is 4.02. The van der Waals surface area contributed by atoms with Gasteiger partial charge in [0.1, 0.15) is 0 Å². The normalized spacial score (nSPS) is 14.6. The van der Waals surface area contributed by atoms with Crippen LogP contribution in [0.15, 0.2) is 34.9 Å². The van der Waals surface area contributed by atoms with Crippen LogP contribution in [0.5, 0.6) is 0 Å². The molecule has 0 unspecified atom stereocenters. The molecule has 0 radical (unpaired) electrons. The molecule has 1 aromatic carbocycles. The van der Waals surface area contributed by atoms with E-state index < -0.39 is 0 Å². The van der Waals surface area contributed by atoms with Gasteiger partial charge in [0.25, 0.3) is 0 Å². The molecule has 4 heteroatoms. The molecule has 1 aliphatic rings. The summed E-state index contributed by atoms with van der Waals surface area (Å²) < 4.78 is 3.31. The fourth-order valence-electron chi connectivity index (χ4n) is 2.59. The molecule has 1 aromatic heterocycles. The summed E-state index contributed by atoms with van der Waals surface area (Å²) >= 11 is 3.63. The molecule has 2 aromatic rings. The van der Waals surface area contributed by atoms with Gasteiger partial charge in [0.2, 0.25) is 0 Å². The zero-order valence-corrected chi connectivity index (χ0v) is 14.1. The summed E-state index contributed by atoms with van der Waals surface area (Å²) in [5, 5.41) is 8.22. The Balaban J connectivity index is 1.78. The highest BCUT2D eigenvalue weighted by Crippen LogP contribution is 2.22. The predicted molar refractivity (Wildman–Crippen MR) is 89.3 cm³/mol. The van der Waals surface area contributed by atoms with Crippen molar-refractivity contribution in [2.45, 2.75) is 51.7 Å². The summed E-state index contributed by atoms with van der Waals surface area (Å²) in [5.74, 6) is 0. The van der Waals surface area contributed by atoms with Gasteiger partial charge in [-0.3, -0.25) is 4.68 Å². The maximum absolute atomic E-state index is 4.63. The van der Waals surface area contributed by atoms with Gasteiger partial charge < -0.3 is 5.32 Å². The molecule has 0 amide bonds. The van der Waals surface area contributed by atoms with Gasteiger partial charge in [0, 0.05) is 28.3 Å². The highest BCUT2D eigenvalue weighted by molar-refractivity contribution is 9.10. The van der Waals surface area contributed by atoms with Crippen molar-refractivity contribution in [3.05, 3.63) is 51.8 Å². The first-order valence-corrected chi connectivity index (χ1v) is 8.57. The Bertz CT molecular complexity index is 602. The molecule has 1 fully saturated rings. The van der Waals surface area contributed by atoms with Crippen LogP contribution < -0.4 is 5.32 Å². The smallest absolute Gasteiger partial charge is 0.0673 e. The molecule has 0 bridgehead atoms. The Kier molecular flexibility index (Phi) is 4.76. The lowest BCUT2D eigenvalue weighted by atomic mass is 10.1. The number of hydrogen-bond acceptors (Lipinski definition) is 2. The molecule has 1 N–H and O–H groups in total. The Morgan fingerprint density at radius 2 is 2.10 bits per heavy atom. The lowest BCUT2D eigenvalue weighted by Crippen LogP contribution is -2.17. The third-order valence-electron chi connectivity index (χ3n) is 3.96. The SMILES string of the molecule is CCCc1c(CNC2CC2)cnn1Cc1ccccc1Br. The minimum Gasteiger partial charge on any atom is -0.310 e. The first kappa shape index (κ1) is 14.8. The van der Waals surface area contributed by atoms with Gasteiger partial charge >= 0.3 is 0 Å². The first-order valence-electron chi connectivity index (χ1n) is 7.78. The molecule has 1 aliphatic carbocycles. The third-order valence-corrected chi connectivity index (χ3v) is 4.73. The van der Waals surface area contributed by atoms with Crippen LogP contribution in [-0.4, -0.2) is 15.8 Å². The molecule has 3 nitrogen and oxygen atoms in total. The minimum atomic E-state index is 0.742. The van der Waals surface area contributed by atoms with Crippen LogP contribution in [0.25, 0.3) is 0 Å². The van der Waals surface area contributed by atoms with Crippen LogP contribution in [0.1, 0.15) is 43.0 Å². The molecule has 21 heavy (non-hydrogen) atoms. The van der Waals surface area contributed by atoms with Crippen LogP contribution >= 0.6 is 15.9 Å². The van der Waals surface area contributed by atoms with Crippen LogP contribution in [-0.2, 0) is 19.5 Å². The minimum absolute atomic E-state index is 0.742. The van der Waals surface area contributed by atoms with Crippen molar-refractivity contribution >= 4 is 15.9 Å². The van der Waals surface area contributed by atoms with Crippen molar-refractivity contribution in [2.24, 2.45) is 0 Å². The summed E-state index contributed by atoms with van der Waals surface area (Å²) in [6.07, 6.45) is 6.93. The zero-order chi connectivity index (χ0) is 14.7. The van der Waals surface area contributed by atoms with Crippen LogP contribution in [0.4, 0.5) is 0 Å². The fourth-order valence-corrected chi connectivity index (χ4v) is 3.00. The Morgan fingerprint density at radius 3 is 2.81 bits per heavy atom. The monoisotopic (exact) mass is 347 g/mol. The van der Waals surface area contributed by atoms with Gasteiger partial charge in [0.15, 0.2) is 0 Å². The van der Waals surface area contributed by atoms with E-state index in [0.29, 0.717) is 0 Å². The van der Waals surface area contributed by atoms with Gasteiger partial charge in [-0.05, 0) is 30.9 Å². The Morgan fingerprint density at radius 1 is 1.29 bits per heavy atom. The van der Waals surface area contributed by atoms with Crippen LogP contribution in [0, 0.1) is 0 Å². The quantitative estimate of drug-likeness (QED) is 0.823. The molecular formula is C17H22BrN3. The Hall–Kier alpha value is -1.13. The molecule has 112 valence electrons. The molecular weight excluding hydrogens is 326 g/mol. The maximum atomic E-state index is 4.63. The second-order valence-corrected chi connectivity index (χ2v) is 6.63. The second-order valence-electron chi connectivity index (χ2n) is 5.77. The lowest BCUT2D eigenvalue weighted by Gasteiger charge is -2.11. The van der Waals surface area contributed by atoms with Crippen LogP contribution in [0.2, 0.25) is 0 Å².